The molecule has 2 N–H and O–H groups in total. The van der Waals surface area contributed by atoms with Gasteiger partial charge in [-0.25, -0.2) is 9.59 Å². The van der Waals surface area contributed by atoms with Crippen molar-refractivity contribution in [1.29, 1.82) is 0 Å². The zero-order valence-electron chi connectivity index (χ0n) is 21.7. The molecule has 0 aromatic carbocycles. The number of carbonyl (C=O) groups is 6. The molecule has 0 unspecified atom stereocenters. The van der Waals surface area contributed by atoms with E-state index in [-0.39, 0.29) is 12.1 Å². The van der Waals surface area contributed by atoms with Gasteiger partial charge >= 0.3 is 35.9 Å². The van der Waals surface area contributed by atoms with E-state index in [1.165, 1.54) is 4.90 Å². The zero-order chi connectivity index (χ0) is 27.7. The highest BCUT2D eigenvalue weighted by Crippen LogP contribution is 2.28. The molecule has 1 aliphatic rings. The SMILES string of the molecule is CC(=O)OC[C@H]1O[C@@H](NC(=O)NC(=O)N(C(C)C)C(C)C)[C@H](OC(C)=O)[C@@H](OC(C)=O)[C@@H]1OC(C)=O. The van der Waals surface area contributed by atoms with Crippen molar-refractivity contribution in [2.75, 3.05) is 6.61 Å². The van der Waals surface area contributed by atoms with Crippen LogP contribution in [0, 0.1) is 0 Å². The first kappa shape index (κ1) is 30.6. The number of nitrogens with zero attached hydrogens (tertiary/aromatic N) is 1. The molecule has 1 aliphatic heterocycles. The van der Waals surface area contributed by atoms with E-state index in [9.17, 15) is 28.8 Å². The number of hydrogen-bond acceptors (Lipinski definition) is 11. The summed E-state index contributed by atoms with van der Waals surface area (Å²) in [5.41, 5.74) is 0. The molecule has 1 saturated heterocycles. The molecule has 0 bridgehead atoms. The Balaban J connectivity index is 3.30. The van der Waals surface area contributed by atoms with E-state index < -0.39 is 73.2 Å². The van der Waals surface area contributed by atoms with Crippen LogP contribution in [-0.2, 0) is 42.9 Å². The van der Waals surface area contributed by atoms with Crippen molar-refractivity contribution in [3.63, 3.8) is 0 Å². The van der Waals surface area contributed by atoms with Gasteiger partial charge < -0.3 is 33.9 Å². The fourth-order valence-corrected chi connectivity index (χ4v) is 3.74. The van der Waals surface area contributed by atoms with Crippen LogP contribution >= 0.6 is 0 Å². The lowest BCUT2D eigenvalue weighted by molar-refractivity contribution is -0.255. The molecule has 36 heavy (non-hydrogen) atoms. The van der Waals surface area contributed by atoms with Gasteiger partial charge in [0.2, 0.25) is 0 Å². The van der Waals surface area contributed by atoms with Crippen LogP contribution in [0.15, 0.2) is 0 Å². The molecule has 14 nitrogen and oxygen atoms in total. The van der Waals surface area contributed by atoms with Crippen molar-refractivity contribution in [1.82, 2.24) is 15.5 Å². The second kappa shape index (κ2) is 13.6. The van der Waals surface area contributed by atoms with E-state index in [1.54, 1.807) is 27.7 Å². The van der Waals surface area contributed by atoms with E-state index in [0.717, 1.165) is 27.7 Å². The summed E-state index contributed by atoms with van der Waals surface area (Å²) in [5.74, 6) is -3.10. The zero-order valence-corrected chi connectivity index (χ0v) is 21.7. The van der Waals surface area contributed by atoms with Gasteiger partial charge in [0.25, 0.3) is 0 Å². The van der Waals surface area contributed by atoms with E-state index in [1.807, 2.05) is 0 Å². The third-order valence-electron chi connectivity index (χ3n) is 4.83. The molecule has 4 amide bonds. The highest BCUT2D eigenvalue weighted by Gasteiger charge is 2.52. The second-order valence-corrected chi connectivity index (χ2v) is 8.62. The Hall–Kier alpha value is -3.42. The average Bonchev–Trinajstić information content (AvgIpc) is 2.69. The monoisotopic (exact) mass is 517 g/mol. The Bertz CT molecular complexity index is 837. The summed E-state index contributed by atoms with van der Waals surface area (Å²) in [6.45, 7) is 11.0. The molecular weight excluding hydrogens is 482 g/mol. The number of imide groups is 1. The van der Waals surface area contributed by atoms with Crippen molar-refractivity contribution in [3.05, 3.63) is 0 Å². The molecule has 0 saturated carbocycles. The van der Waals surface area contributed by atoms with Gasteiger partial charge in [0, 0.05) is 39.8 Å². The van der Waals surface area contributed by atoms with Crippen molar-refractivity contribution < 1.29 is 52.5 Å². The van der Waals surface area contributed by atoms with Crippen LogP contribution in [-0.4, -0.2) is 90.2 Å². The Labute approximate surface area is 209 Å². The highest BCUT2D eigenvalue weighted by atomic mass is 16.7. The molecule has 0 radical (unpaired) electrons. The average molecular weight is 518 g/mol. The minimum absolute atomic E-state index is 0.219. The Kier molecular flexibility index (Phi) is 11.6. The number of ether oxygens (including phenoxy) is 5. The summed E-state index contributed by atoms with van der Waals surface area (Å²) in [5, 5.41) is 4.53. The number of nitrogens with one attached hydrogen (secondary N) is 2. The van der Waals surface area contributed by atoms with E-state index in [4.69, 9.17) is 23.7 Å². The van der Waals surface area contributed by atoms with Crippen molar-refractivity contribution >= 4 is 35.9 Å². The molecule has 0 aliphatic carbocycles. The van der Waals surface area contributed by atoms with Gasteiger partial charge in [-0.15, -0.1) is 0 Å². The highest BCUT2D eigenvalue weighted by molar-refractivity contribution is 5.93. The van der Waals surface area contributed by atoms with Crippen LogP contribution in [0.4, 0.5) is 9.59 Å². The molecular formula is C22H35N3O11. The predicted molar refractivity (Wildman–Crippen MR) is 121 cm³/mol. The van der Waals surface area contributed by atoms with Crippen molar-refractivity contribution in [2.24, 2.45) is 0 Å². The number of rotatable bonds is 8. The van der Waals surface area contributed by atoms with Gasteiger partial charge in [0.15, 0.2) is 24.5 Å². The Morgan fingerprint density at radius 1 is 0.750 bits per heavy atom. The molecule has 14 heteroatoms. The molecule has 1 fully saturated rings. The molecule has 5 atom stereocenters. The lowest BCUT2D eigenvalue weighted by Gasteiger charge is -2.44. The van der Waals surface area contributed by atoms with Gasteiger partial charge in [-0.2, -0.15) is 0 Å². The number of carbonyl (C=O) groups excluding carboxylic acids is 6. The van der Waals surface area contributed by atoms with E-state index >= 15 is 0 Å². The minimum atomic E-state index is -1.50. The fourth-order valence-electron chi connectivity index (χ4n) is 3.74. The maximum absolute atomic E-state index is 12.7. The predicted octanol–water partition coefficient (Wildman–Crippen LogP) is 0.608. The number of hydrogen-bond donors (Lipinski definition) is 2. The third kappa shape index (κ3) is 9.32. The Morgan fingerprint density at radius 3 is 1.67 bits per heavy atom. The normalized spacial score (nSPS) is 23.3. The lowest BCUT2D eigenvalue weighted by atomic mass is 9.97. The van der Waals surface area contributed by atoms with Crippen LogP contribution in [0.3, 0.4) is 0 Å². The topological polar surface area (TPSA) is 176 Å². The summed E-state index contributed by atoms with van der Waals surface area (Å²) in [4.78, 5) is 73.5. The second-order valence-electron chi connectivity index (χ2n) is 8.62. The van der Waals surface area contributed by atoms with Gasteiger partial charge in [0.05, 0.1) is 0 Å². The number of esters is 4. The molecule has 0 aromatic rings. The largest absolute Gasteiger partial charge is 0.463 e. The minimum Gasteiger partial charge on any atom is -0.463 e. The van der Waals surface area contributed by atoms with E-state index in [2.05, 4.69) is 10.6 Å². The molecule has 204 valence electrons. The maximum Gasteiger partial charge on any atom is 0.325 e. The fraction of sp³-hybridized carbons (Fsp3) is 0.727. The summed E-state index contributed by atoms with van der Waals surface area (Å²) < 4.78 is 26.5. The van der Waals surface area contributed by atoms with Gasteiger partial charge in [-0.05, 0) is 27.7 Å². The first-order valence-electron chi connectivity index (χ1n) is 11.3. The van der Waals surface area contributed by atoms with Crippen molar-refractivity contribution in [3.8, 4) is 0 Å². The Morgan fingerprint density at radius 2 is 1.22 bits per heavy atom. The molecule has 1 rings (SSSR count). The quantitative estimate of drug-likeness (QED) is 0.341. The van der Waals surface area contributed by atoms with Gasteiger partial charge in [-0.1, -0.05) is 0 Å². The van der Waals surface area contributed by atoms with Gasteiger partial charge in [0.1, 0.15) is 12.7 Å². The summed E-state index contributed by atoms with van der Waals surface area (Å²) in [6.07, 6.45) is -7.04. The van der Waals surface area contributed by atoms with Crippen LogP contribution in [0.5, 0.6) is 0 Å². The molecule has 0 aromatic heterocycles. The lowest BCUT2D eigenvalue weighted by Crippen LogP contribution is -2.67. The molecule has 1 heterocycles. The van der Waals surface area contributed by atoms with Crippen molar-refractivity contribution in [2.45, 2.75) is 98.1 Å². The standard InChI is InChI=1S/C22H35N3O11/c1-10(2)25(11(3)4)22(31)24-21(30)23-20-19(35-15(8)29)18(34-14(7)28)17(33-13(6)27)16(36-20)9-32-12(5)26/h10-11,16-20H,9H2,1-8H3,(H2,23,24,30,31)/t16-,17-,18+,19-,20-/m1/s1. The van der Waals surface area contributed by atoms with Gasteiger partial charge in [-0.3, -0.25) is 24.5 Å². The molecule has 0 spiro atoms. The summed E-state index contributed by atoms with van der Waals surface area (Å²) in [7, 11) is 0. The summed E-state index contributed by atoms with van der Waals surface area (Å²) in [6, 6.07) is -2.14. The smallest absolute Gasteiger partial charge is 0.325 e. The first-order valence-corrected chi connectivity index (χ1v) is 11.3. The van der Waals surface area contributed by atoms with Crippen LogP contribution in [0.1, 0.15) is 55.4 Å². The maximum atomic E-state index is 12.7. The third-order valence-corrected chi connectivity index (χ3v) is 4.83. The number of urea groups is 2. The van der Waals surface area contributed by atoms with Crippen LogP contribution < -0.4 is 10.6 Å². The van der Waals surface area contributed by atoms with Crippen LogP contribution in [0.25, 0.3) is 0 Å². The van der Waals surface area contributed by atoms with E-state index in [0.29, 0.717) is 0 Å². The number of amides is 4. The van der Waals surface area contributed by atoms with Crippen LogP contribution in [0.2, 0.25) is 0 Å². The summed E-state index contributed by atoms with van der Waals surface area (Å²) >= 11 is 0. The first-order chi connectivity index (χ1) is 16.6.